The van der Waals surface area contributed by atoms with E-state index in [1.54, 1.807) is 0 Å². The van der Waals surface area contributed by atoms with E-state index in [0.29, 0.717) is 19.0 Å². The van der Waals surface area contributed by atoms with Crippen LogP contribution >= 0.6 is 0 Å². The summed E-state index contributed by atoms with van der Waals surface area (Å²) in [4.78, 5) is 11.5. The molecule has 5 aliphatic rings. The summed E-state index contributed by atoms with van der Waals surface area (Å²) in [7, 11) is 0. The zero-order valence-corrected chi connectivity index (χ0v) is 10.7. The van der Waals surface area contributed by atoms with Crippen LogP contribution in [0.4, 0.5) is 4.79 Å². The van der Waals surface area contributed by atoms with Crippen molar-refractivity contribution in [3.8, 4) is 0 Å². The lowest BCUT2D eigenvalue weighted by Crippen LogP contribution is -2.59. The Balaban J connectivity index is 1.66. The standard InChI is InChI=1S/C14H22N2O2/c15-6-14(7-16-13(17)18-14)12-10-2-8-1-9(4-10)5-11(12)3-8/h8-12H,1-7,15H2,(H,16,17). The molecule has 4 heteroatoms. The van der Waals surface area contributed by atoms with Crippen LogP contribution in [0.1, 0.15) is 32.1 Å². The fraction of sp³-hybridized carbons (Fsp3) is 0.929. The first-order valence-electron chi connectivity index (χ1n) is 7.37. The SMILES string of the molecule is NCC1(C2C3CC4CC(C3)CC2C4)CNC(=O)O1. The average Bonchev–Trinajstić information content (AvgIpc) is 2.71. The lowest BCUT2D eigenvalue weighted by molar-refractivity contribution is -0.123. The fourth-order valence-electron chi connectivity index (χ4n) is 5.70. The number of amides is 1. The van der Waals surface area contributed by atoms with Crippen LogP contribution in [0.2, 0.25) is 0 Å². The molecule has 1 atom stereocenters. The summed E-state index contributed by atoms with van der Waals surface area (Å²) in [6.07, 6.45) is 6.56. The first kappa shape index (κ1) is 11.1. The van der Waals surface area contributed by atoms with Gasteiger partial charge in [-0.2, -0.15) is 0 Å². The molecule has 100 valence electrons. The Hall–Kier alpha value is -0.770. The van der Waals surface area contributed by atoms with E-state index in [-0.39, 0.29) is 6.09 Å². The molecule has 4 saturated carbocycles. The molecule has 0 radical (unpaired) electrons. The molecule has 0 aromatic heterocycles. The Labute approximate surface area is 108 Å². The number of hydrogen-bond donors (Lipinski definition) is 2. The number of nitrogens with two attached hydrogens (primary N) is 1. The third kappa shape index (κ3) is 1.38. The third-order valence-electron chi connectivity index (χ3n) is 6.01. The first-order chi connectivity index (χ1) is 8.70. The third-order valence-corrected chi connectivity index (χ3v) is 6.01. The number of ether oxygens (including phenoxy) is 1. The van der Waals surface area contributed by atoms with Gasteiger partial charge in [0.1, 0.15) is 5.60 Å². The van der Waals surface area contributed by atoms with Crippen molar-refractivity contribution in [1.82, 2.24) is 5.32 Å². The van der Waals surface area contributed by atoms with E-state index in [9.17, 15) is 4.79 Å². The van der Waals surface area contributed by atoms with Crippen molar-refractivity contribution in [3.63, 3.8) is 0 Å². The van der Waals surface area contributed by atoms with E-state index in [2.05, 4.69) is 5.32 Å². The molecule has 1 heterocycles. The van der Waals surface area contributed by atoms with Crippen LogP contribution in [0.25, 0.3) is 0 Å². The number of rotatable bonds is 2. The van der Waals surface area contributed by atoms with Gasteiger partial charge in [-0.05, 0) is 55.8 Å². The zero-order valence-electron chi connectivity index (χ0n) is 10.7. The summed E-state index contributed by atoms with van der Waals surface area (Å²) < 4.78 is 5.65. The smallest absolute Gasteiger partial charge is 0.407 e. The van der Waals surface area contributed by atoms with Crippen LogP contribution < -0.4 is 11.1 Å². The van der Waals surface area contributed by atoms with E-state index < -0.39 is 5.60 Å². The molecule has 1 unspecified atom stereocenters. The highest BCUT2D eigenvalue weighted by Gasteiger charge is 2.58. The van der Waals surface area contributed by atoms with Crippen LogP contribution in [0.5, 0.6) is 0 Å². The number of hydrogen-bond acceptors (Lipinski definition) is 3. The topological polar surface area (TPSA) is 64.3 Å². The van der Waals surface area contributed by atoms with Gasteiger partial charge in [0.25, 0.3) is 0 Å². The second-order valence-electron chi connectivity index (χ2n) is 6.97. The predicted molar refractivity (Wildman–Crippen MR) is 66.8 cm³/mol. The Morgan fingerprint density at radius 2 is 1.78 bits per heavy atom. The van der Waals surface area contributed by atoms with Crippen LogP contribution in [0, 0.1) is 29.6 Å². The minimum atomic E-state index is -0.403. The number of cyclic esters (lactones) is 1. The molecule has 1 aliphatic heterocycles. The molecule has 18 heavy (non-hydrogen) atoms. The summed E-state index contributed by atoms with van der Waals surface area (Å²) in [5, 5.41) is 2.83. The van der Waals surface area contributed by atoms with Crippen molar-refractivity contribution < 1.29 is 9.53 Å². The lowest BCUT2D eigenvalue weighted by Gasteiger charge is -2.58. The highest BCUT2D eigenvalue weighted by Crippen LogP contribution is 2.59. The molecule has 4 aliphatic carbocycles. The maximum atomic E-state index is 11.5. The van der Waals surface area contributed by atoms with Crippen LogP contribution in [-0.4, -0.2) is 24.8 Å². The largest absolute Gasteiger partial charge is 0.439 e. The molecule has 1 amide bonds. The second-order valence-corrected chi connectivity index (χ2v) is 6.97. The molecule has 5 fully saturated rings. The van der Waals surface area contributed by atoms with Gasteiger partial charge < -0.3 is 15.8 Å². The maximum absolute atomic E-state index is 11.5. The minimum Gasteiger partial charge on any atom is -0.439 e. The predicted octanol–water partition coefficient (Wildman–Crippen LogP) is 1.50. The maximum Gasteiger partial charge on any atom is 0.407 e. The van der Waals surface area contributed by atoms with E-state index in [1.807, 2.05) is 0 Å². The number of nitrogens with one attached hydrogen (secondary N) is 1. The van der Waals surface area contributed by atoms with E-state index in [4.69, 9.17) is 10.5 Å². The molecule has 4 nitrogen and oxygen atoms in total. The molecule has 5 rings (SSSR count). The van der Waals surface area contributed by atoms with Gasteiger partial charge in [0.2, 0.25) is 0 Å². The molecular weight excluding hydrogens is 228 g/mol. The van der Waals surface area contributed by atoms with Crippen LogP contribution in [0.3, 0.4) is 0 Å². The fourth-order valence-corrected chi connectivity index (χ4v) is 5.70. The van der Waals surface area contributed by atoms with Gasteiger partial charge in [-0.15, -0.1) is 0 Å². The number of carbonyl (C=O) groups is 1. The highest BCUT2D eigenvalue weighted by atomic mass is 16.6. The van der Waals surface area contributed by atoms with E-state index in [0.717, 1.165) is 23.7 Å². The van der Waals surface area contributed by atoms with Crippen molar-refractivity contribution in [2.45, 2.75) is 37.7 Å². The van der Waals surface area contributed by atoms with Crippen molar-refractivity contribution in [2.75, 3.05) is 13.1 Å². The van der Waals surface area contributed by atoms with Gasteiger partial charge in [-0.3, -0.25) is 0 Å². The summed E-state index contributed by atoms with van der Waals surface area (Å²) in [6, 6.07) is 0. The van der Waals surface area contributed by atoms with Gasteiger partial charge in [0.15, 0.2) is 0 Å². The first-order valence-corrected chi connectivity index (χ1v) is 7.37. The zero-order chi connectivity index (χ0) is 12.3. The lowest BCUT2D eigenvalue weighted by atomic mass is 9.49. The number of carbonyl (C=O) groups excluding carboxylic acids is 1. The Morgan fingerprint density at radius 3 is 2.22 bits per heavy atom. The van der Waals surface area contributed by atoms with Gasteiger partial charge in [0, 0.05) is 12.5 Å². The molecular formula is C14H22N2O2. The molecule has 0 aromatic carbocycles. The monoisotopic (exact) mass is 250 g/mol. The molecule has 3 N–H and O–H groups in total. The van der Waals surface area contributed by atoms with Crippen LogP contribution in [-0.2, 0) is 4.74 Å². The van der Waals surface area contributed by atoms with Gasteiger partial charge in [-0.25, -0.2) is 4.79 Å². The highest BCUT2D eigenvalue weighted by molar-refractivity contribution is 5.70. The van der Waals surface area contributed by atoms with Crippen molar-refractivity contribution in [1.29, 1.82) is 0 Å². The molecule has 1 saturated heterocycles. The Bertz CT molecular complexity index is 356. The van der Waals surface area contributed by atoms with Crippen molar-refractivity contribution in [2.24, 2.45) is 35.3 Å². The van der Waals surface area contributed by atoms with Gasteiger partial charge >= 0.3 is 6.09 Å². The average molecular weight is 250 g/mol. The molecule has 4 bridgehead atoms. The Kier molecular flexibility index (Phi) is 2.23. The molecule has 0 spiro atoms. The molecule has 0 aromatic rings. The second kappa shape index (κ2) is 3.62. The van der Waals surface area contributed by atoms with Crippen LogP contribution in [0.15, 0.2) is 0 Å². The Morgan fingerprint density at radius 1 is 1.17 bits per heavy atom. The number of alkyl carbamates (subject to hydrolysis) is 1. The van der Waals surface area contributed by atoms with Gasteiger partial charge in [0.05, 0.1) is 6.54 Å². The van der Waals surface area contributed by atoms with E-state index in [1.165, 1.54) is 32.1 Å². The summed E-state index contributed by atoms with van der Waals surface area (Å²) in [6.45, 7) is 1.09. The van der Waals surface area contributed by atoms with Gasteiger partial charge in [-0.1, -0.05) is 0 Å². The van der Waals surface area contributed by atoms with E-state index >= 15 is 0 Å². The quantitative estimate of drug-likeness (QED) is 0.780. The normalized spacial score (nSPS) is 53.4. The summed E-state index contributed by atoms with van der Waals surface area (Å²) >= 11 is 0. The van der Waals surface area contributed by atoms with Crippen molar-refractivity contribution in [3.05, 3.63) is 0 Å². The summed E-state index contributed by atoms with van der Waals surface area (Å²) in [5.74, 6) is 3.90. The minimum absolute atomic E-state index is 0.269. The van der Waals surface area contributed by atoms with Crippen molar-refractivity contribution >= 4 is 6.09 Å². The summed E-state index contributed by atoms with van der Waals surface area (Å²) in [5.41, 5.74) is 5.59.